The SMILES string of the molecule is Cc1cccnc1Nc1cc(Cl)ncc1C(=O)C1CC1.Cc1cccnc1Nc1cc(Nc2cccnn2)ncc1C(=O)C1CC1.Nc1cccnn1.O=S=O.O=S=O. The van der Waals surface area contributed by atoms with Gasteiger partial charge < -0.3 is 21.7 Å². The Kier molecular flexibility index (Phi) is 17.9. The Labute approximate surface area is 350 Å². The normalized spacial score (nSPS) is 12.1. The summed E-state index contributed by atoms with van der Waals surface area (Å²) in [4.78, 5) is 41.9. The number of carbonyl (C=O) groups is 2. The predicted octanol–water partition coefficient (Wildman–Crippen LogP) is 6.15. The third-order valence-electron chi connectivity index (χ3n) is 8.15. The van der Waals surface area contributed by atoms with Crippen LogP contribution in [0.2, 0.25) is 5.15 Å². The number of hydrogen-bond donors (Lipinski definition) is 4. The maximum Gasteiger partial charge on any atom is 0.335 e. The number of Topliss-reactive ketones (excluding diaryl/α,β-unsaturated/α-hetero) is 2. The van der Waals surface area contributed by atoms with Gasteiger partial charge in [-0.2, -0.15) is 27.0 Å². The van der Waals surface area contributed by atoms with Crippen molar-refractivity contribution in [2.75, 3.05) is 21.7 Å². The third kappa shape index (κ3) is 14.9. The molecule has 2 fully saturated rings. The minimum Gasteiger partial charge on any atom is -0.382 e. The number of ketones is 2. The average Bonchev–Trinajstić information content (AvgIpc) is 4.16. The summed E-state index contributed by atoms with van der Waals surface area (Å²) in [5.41, 5.74) is 9.71. The zero-order valence-electron chi connectivity index (χ0n) is 31.5. The first-order valence-corrected chi connectivity index (χ1v) is 19.3. The Morgan fingerprint density at radius 2 is 1.10 bits per heavy atom. The van der Waals surface area contributed by atoms with Crippen molar-refractivity contribution >= 4 is 86.8 Å². The summed E-state index contributed by atoms with van der Waals surface area (Å²) in [7, 11) is 0. The van der Waals surface area contributed by atoms with E-state index in [2.05, 4.69) is 56.3 Å². The van der Waals surface area contributed by atoms with Crippen molar-refractivity contribution < 1.29 is 26.4 Å². The summed E-state index contributed by atoms with van der Waals surface area (Å²) in [6.07, 6.45) is 13.6. The van der Waals surface area contributed by atoms with Gasteiger partial charge in [0.05, 0.1) is 22.5 Å². The Balaban J connectivity index is 0.000000204. The van der Waals surface area contributed by atoms with E-state index in [1.165, 1.54) is 0 Å². The van der Waals surface area contributed by atoms with Crippen molar-refractivity contribution in [3.63, 3.8) is 0 Å². The highest BCUT2D eigenvalue weighted by atomic mass is 35.5. The molecule has 18 nitrogen and oxygen atoms in total. The number of nitrogens with zero attached hydrogens (tertiary/aromatic N) is 8. The molecule has 2 saturated carbocycles. The molecule has 0 unspecified atom stereocenters. The quantitative estimate of drug-likeness (QED) is 0.0889. The molecule has 21 heteroatoms. The molecule has 5 N–H and O–H groups in total. The number of pyridine rings is 4. The molecule has 6 aromatic rings. The first-order valence-electron chi connectivity index (χ1n) is 17.6. The van der Waals surface area contributed by atoms with Crippen molar-refractivity contribution in [2.24, 2.45) is 11.8 Å². The van der Waals surface area contributed by atoms with Gasteiger partial charge in [-0.3, -0.25) is 9.59 Å². The second kappa shape index (κ2) is 23.5. The van der Waals surface area contributed by atoms with Gasteiger partial charge >= 0.3 is 23.1 Å². The highest BCUT2D eigenvalue weighted by Crippen LogP contribution is 2.37. The molecule has 0 bridgehead atoms. The largest absolute Gasteiger partial charge is 0.382 e. The van der Waals surface area contributed by atoms with Crippen LogP contribution in [0.25, 0.3) is 0 Å². The third-order valence-corrected chi connectivity index (χ3v) is 8.35. The van der Waals surface area contributed by atoms with E-state index < -0.39 is 23.1 Å². The first kappa shape index (κ1) is 44.9. The summed E-state index contributed by atoms with van der Waals surface area (Å²) in [6, 6.07) is 18.2. The predicted molar refractivity (Wildman–Crippen MR) is 222 cm³/mol. The summed E-state index contributed by atoms with van der Waals surface area (Å²) in [6.45, 7) is 3.93. The number of rotatable bonds is 10. The van der Waals surface area contributed by atoms with Crippen LogP contribution in [0.5, 0.6) is 0 Å². The van der Waals surface area contributed by atoms with Crippen LogP contribution in [0, 0.1) is 25.7 Å². The maximum atomic E-state index is 12.6. The van der Waals surface area contributed by atoms with Crippen LogP contribution in [0.15, 0.2) is 97.8 Å². The Bertz CT molecular complexity index is 2390. The van der Waals surface area contributed by atoms with E-state index >= 15 is 0 Å². The topological polar surface area (TPSA) is 268 Å². The van der Waals surface area contributed by atoms with E-state index in [4.69, 9.17) is 34.2 Å². The summed E-state index contributed by atoms with van der Waals surface area (Å²) < 4.78 is 33.2. The number of nitrogen functional groups attached to an aromatic ring is 1. The van der Waals surface area contributed by atoms with Gasteiger partial charge in [-0.25, -0.2) is 19.9 Å². The second-order valence-corrected chi connectivity index (χ2v) is 13.2. The molecular weight excluding hydrogens is 820 g/mol. The second-order valence-electron chi connectivity index (χ2n) is 12.6. The molecule has 8 rings (SSSR count). The van der Waals surface area contributed by atoms with Crippen LogP contribution in [-0.2, 0) is 23.1 Å². The van der Waals surface area contributed by atoms with Gasteiger partial charge in [0.1, 0.15) is 28.4 Å². The number of nitrogens with two attached hydrogens (primary N) is 1. The number of nitrogens with one attached hydrogen (secondary N) is 3. The van der Waals surface area contributed by atoms with E-state index in [0.717, 1.165) is 42.6 Å². The summed E-state index contributed by atoms with van der Waals surface area (Å²) in [5.74, 6) is 3.57. The van der Waals surface area contributed by atoms with E-state index in [1.54, 1.807) is 73.6 Å². The minimum atomic E-state index is -0.750. The lowest BCUT2D eigenvalue weighted by Crippen LogP contribution is -2.09. The lowest BCUT2D eigenvalue weighted by molar-refractivity contribution is 0.0960. The van der Waals surface area contributed by atoms with Crippen LogP contribution < -0.4 is 21.7 Å². The molecule has 0 radical (unpaired) electrons. The van der Waals surface area contributed by atoms with Gasteiger partial charge in [0, 0.05) is 55.1 Å². The van der Waals surface area contributed by atoms with Crippen LogP contribution in [0.4, 0.5) is 40.5 Å². The van der Waals surface area contributed by atoms with Crippen molar-refractivity contribution in [2.45, 2.75) is 39.5 Å². The van der Waals surface area contributed by atoms with Gasteiger partial charge in [-0.05, 0) is 93.1 Å². The number of anilines is 7. The number of hydrogen-bond acceptors (Lipinski definition) is 18. The van der Waals surface area contributed by atoms with Crippen LogP contribution in [0.3, 0.4) is 0 Å². The summed E-state index contributed by atoms with van der Waals surface area (Å²) >= 11 is 4.44. The zero-order chi connectivity index (χ0) is 42.6. The summed E-state index contributed by atoms with van der Waals surface area (Å²) in [5, 5.41) is 24.8. The lowest BCUT2D eigenvalue weighted by atomic mass is 10.1. The van der Waals surface area contributed by atoms with Crippen LogP contribution in [0.1, 0.15) is 57.5 Å². The van der Waals surface area contributed by atoms with Crippen molar-refractivity contribution in [1.29, 1.82) is 0 Å². The molecule has 2 aliphatic rings. The standard InChI is InChI=1S/C19H18N6O.C15H14ClN3O.C4H5N3.2O2S/c1-12-4-2-8-20-19(12)23-15-10-17(24-16-5-3-9-22-25-16)21-11-14(15)18(26)13-6-7-13;1-9-3-2-6-17-15(9)19-12-7-13(16)18-8-11(12)14(20)10-4-5-10;5-4-2-1-3-6-7-4;2*1-3-2/h2-5,8-11,13H,6-7H2,1H3,(H2,20,21,23,24,25);2-3,6-8,10H,4-5H2,1H3,(H,17,18,19);1-3H,(H2,5,7);;. The fourth-order valence-corrected chi connectivity index (χ4v) is 5.14. The van der Waals surface area contributed by atoms with Gasteiger partial charge in [-0.1, -0.05) is 23.7 Å². The molecular formula is C38H37ClN12O6S2. The van der Waals surface area contributed by atoms with E-state index in [-0.39, 0.29) is 23.4 Å². The molecule has 6 heterocycles. The molecule has 304 valence electrons. The van der Waals surface area contributed by atoms with Gasteiger partial charge in [0.2, 0.25) is 0 Å². The van der Waals surface area contributed by atoms with Crippen LogP contribution in [-0.4, -0.2) is 68.7 Å². The van der Waals surface area contributed by atoms with E-state index in [0.29, 0.717) is 50.9 Å². The van der Waals surface area contributed by atoms with Gasteiger partial charge in [0.15, 0.2) is 17.4 Å². The molecule has 2 aliphatic carbocycles. The Morgan fingerprint density at radius 1 is 0.627 bits per heavy atom. The zero-order valence-corrected chi connectivity index (χ0v) is 33.9. The number of carbonyl (C=O) groups excluding carboxylic acids is 2. The maximum absolute atomic E-state index is 12.6. The molecule has 59 heavy (non-hydrogen) atoms. The molecule has 6 aromatic heterocycles. The number of halogens is 1. The number of aromatic nitrogens is 8. The van der Waals surface area contributed by atoms with Gasteiger partial charge in [0.25, 0.3) is 0 Å². The molecule has 0 amide bonds. The highest BCUT2D eigenvalue weighted by Gasteiger charge is 2.33. The fraction of sp³-hybridized carbons (Fsp3) is 0.211. The molecule has 0 saturated heterocycles. The average molecular weight is 857 g/mol. The molecule has 0 spiro atoms. The smallest absolute Gasteiger partial charge is 0.335 e. The van der Waals surface area contributed by atoms with Crippen LogP contribution >= 0.6 is 11.6 Å². The molecule has 0 aliphatic heterocycles. The van der Waals surface area contributed by atoms with Crippen molar-refractivity contribution in [3.05, 3.63) is 125 Å². The lowest BCUT2D eigenvalue weighted by Gasteiger charge is -2.14. The number of aryl methyl sites for hydroxylation is 2. The van der Waals surface area contributed by atoms with E-state index in [1.807, 2.05) is 38.1 Å². The monoisotopic (exact) mass is 856 g/mol. The minimum absolute atomic E-state index is 0.112. The fourth-order valence-electron chi connectivity index (χ4n) is 4.99. The van der Waals surface area contributed by atoms with Gasteiger partial charge in [-0.15, -0.1) is 10.2 Å². The van der Waals surface area contributed by atoms with E-state index in [9.17, 15) is 9.59 Å². The Hall–Kier alpha value is -6.77. The highest BCUT2D eigenvalue weighted by molar-refractivity contribution is 7.51. The van der Waals surface area contributed by atoms with Crippen molar-refractivity contribution in [1.82, 2.24) is 40.3 Å². The van der Waals surface area contributed by atoms with Crippen molar-refractivity contribution in [3.8, 4) is 0 Å². The molecule has 0 atom stereocenters. The Morgan fingerprint density at radius 3 is 1.53 bits per heavy atom. The first-order chi connectivity index (χ1) is 28.6. The molecule has 0 aromatic carbocycles.